The third-order valence-electron chi connectivity index (χ3n) is 8.89. The van der Waals surface area contributed by atoms with Gasteiger partial charge in [0, 0.05) is 0 Å². The second-order valence-corrected chi connectivity index (χ2v) is 11.2. The van der Waals surface area contributed by atoms with E-state index in [0.29, 0.717) is 18.3 Å². The molecule has 0 aromatic heterocycles. The number of hydrogen-bond acceptors (Lipinski definition) is 1. The molecule has 0 radical (unpaired) electrons. The van der Waals surface area contributed by atoms with Crippen LogP contribution in [0.3, 0.4) is 0 Å². The average molecular weight is 495 g/mol. The Morgan fingerprint density at radius 3 is 1.86 bits per heavy atom. The van der Waals surface area contributed by atoms with Crippen molar-refractivity contribution in [2.45, 2.75) is 102 Å². The van der Waals surface area contributed by atoms with E-state index < -0.39 is 6.11 Å². The van der Waals surface area contributed by atoms with Crippen LogP contribution in [0.4, 0.5) is 8.78 Å². The lowest BCUT2D eigenvalue weighted by atomic mass is 9.77. The van der Waals surface area contributed by atoms with Gasteiger partial charge in [0.05, 0.1) is 12.2 Å². The second-order valence-electron chi connectivity index (χ2n) is 11.2. The van der Waals surface area contributed by atoms with E-state index >= 15 is 0 Å². The number of ether oxygens (including phenoxy) is 1. The van der Waals surface area contributed by atoms with Gasteiger partial charge in [-0.2, -0.15) is 8.78 Å². The molecule has 0 saturated heterocycles. The van der Waals surface area contributed by atoms with Gasteiger partial charge in [-0.05, 0) is 111 Å². The Labute approximate surface area is 217 Å². The van der Waals surface area contributed by atoms with Crippen LogP contribution in [0.5, 0.6) is 0 Å². The summed E-state index contributed by atoms with van der Waals surface area (Å²) in [5, 5.41) is 0. The molecule has 2 aromatic rings. The van der Waals surface area contributed by atoms with Gasteiger partial charge in [0.1, 0.15) is 0 Å². The number of alkyl halides is 2. The summed E-state index contributed by atoms with van der Waals surface area (Å²) in [5.41, 5.74) is 3.57. The minimum Gasteiger partial charge on any atom is -0.316 e. The average Bonchev–Trinajstić information content (AvgIpc) is 2.93. The maximum atomic E-state index is 14.7. The number of hydrogen-bond donors (Lipinski definition) is 0. The Hall–Kier alpha value is -2.00. The van der Waals surface area contributed by atoms with E-state index in [1.165, 1.54) is 62.5 Å². The normalized spacial score (nSPS) is 25.0. The van der Waals surface area contributed by atoms with Gasteiger partial charge in [0.25, 0.3) is 0 Å². The summed E-state index contributed by atoms with van der Waals surface area (Å²) >= 11 is 0. The van der Waals surface area contributed by atoms with E-state index in [2.05, 4.69) is 37.8 Å². The first kappa shape index (κ1) is 27.0. The summed E-state index contributed by atoms with van der Waals surface area (Å²) < 4.78 is 34.6. The van der Waals surface area contributed by atoms with Crippen molar-refractivity contribution in [3.05, 3.63) is 83.4 Å². The Balaban J connectivity index is 1.23. The van der Waals surface area contributed by atoms with Crippen LogP contribution in [-0.4, -0.2) is 6.61 Å². The van der Waals surface area contributed by atoms with Crippen LogP contribution in [0.15, 0.2) is 61.2 Å². The number of benzene rings is 2. The summed E-state index contributed by atoms with van der Waals surface area (Å²) in [7, 11) is 0. The smallest absolute Gasteiger partial charge is 0.316 e. The summed E-state index contributed by atoms with van der Waals surface area (Å²) in [6, 6.07) is 15.4. The van der Waals surface area contributed by atoms with E-state index in [1.807, 2.05) is 18.2 Å². The van der Waals surface area contributed by atoms with Crippen molar-refractivity contribution in [1.29, 1.82) is 0 Å². The van der Waals surface area contributed by atoms with E-state index in [4.69, 9.17) is 4.74 Å². The van der Waals surface area contributed by atoms with Crippen molar-refractivity contribution in [2.75, 3.05) is 6.61 Å². The summed E-state index contributed by atoms with van der Waals surface area (Å²) in [6.45, 7) is 6.12. The van der Waals surface area contributed by atoms with Gasteiger partial charge >= 0.3 is 6.11 Å². The van der Waals surface area contributed by atoms with Gasteiger partial charge in [-0.15, -0.1) is 6.58 Å². The molecular formula is C33H44F2O. The van der Waals surface area contributed by atoms with Gasteiger partial charge in [0.2, 0.25) is 0 Å². The molecule has 0 amide bonds. The van der Waals surface area contributed by atoms with Gasteiger partial charge < -0.3 is 4.74 Å². The predicted molar refractivity (Wildman–Crippen MR) is 146 cm³/mol. The predicted octanol–water partition coefficient (Wildman–Crippen LogP) is 9.92. The standard InChI is InChI=1S/C33H44F2O/c1-3-5-6-26-9-15-30(16-10-26)31-19-21-32(22-20-31)33(34,35)36-24-23-27-11-17-29(18-12-27)28-13-7-25(4-2)8-14-28/h3,11-12,17-22,25-26,28,30H,1,4-10,13-16,23-24H2,2H3. The molecule has 3 heteroatoms. The van der Waals surface area contributed by atoms with Crippen LogP contribution in [0.2, 0.25) is 0 Å². The monoisotopic (exact) mass is 494 g/mol. The van der Waals surface area contributed by atoms with Crippen LogP contribution in [0.25, 0.3) is 0 Å². The zero-order valence-corrected chi connectivity index (χ0v) is 22.1. The van der Waals surface area contributed by atoms with Crippen LogP contribution in [0.1, 0.15) is 112 Å². The Bertz CT molecular complexity index is 917. The molecule has 0 N–H and O–H groups in total. The maximum Gasteiger partial charge on any atom is 0.383 e. The van der Waals surface area contributed by atoms with Crippen molar-refractivity contribution in [3.63, 3.8) is 0 Å². The molecule has 1 nitrogen and oxygen atoms in total. The molecule has 0 aliphatic heterocycles. The molecule has 0 unspecified atom stereocenters. The van der Waals surface area contributed by atoms with Crippen molar-refractivity contribution in [1.82, 2.24) is 0 Å². The third-order valence-corrected chi connectivity index (χ3v) is 8.89. The molecule has 2 saturated carbocycles. The minimum absolute atomic E-state index is 0.00439. The van der Waals surface area contributed by atoms with E-state index in [9.17, 15) is 8.78 Å². The molecule has 4 rings (SSSR count). The molecule has 0 heterocycles. The highest BCUT2D eigenvalue weighted by atomic mass is 19.3. The van der Waals surface area contributed by atoms with Crippen LogP contribution < -0.4 is 0 Å². The lowest BCUT2D eigenvalue weighted by molar-refractivity contribution is -0.248. The van der Waals surface area contributed by atoms with Gasteiger partial charge in [0.15, 0.2) is 0 Å². The summed E-state index contributed by atoms with van der Waals surface area (Å²) in [5.74, 6) is 2.81. The fourth-order valence-corrected chi connectivity index (χ4v) is 6.33. The van der Waals surface area contributed by atoms with Crippen molar-refractivity contribution in [2.24, 2.45) is 11.8 Å². The summed E-state index contributed by atoms with van der Waals surface area (Å²) in [6.07, 6.45) is 12.7. The highest BCUT2D eigenvalue weighted by Crippen LogP contribution is 2.39. The van der Waals surface area contributed by atoms with Crippen LogP contribution in [-0.2, 0) is 17.3 Å². The first-order valence-corrected chi connectivity index (χ1v) is 14.3. The molecule has 0 atom stereocenters. The van der Waals surface area contributed by atoms with Gasteiger partial charge in [-0.1, -0.05) is 68.0 Å². The lowest BCUT2D eigenvalue weighted by Crippen LogP contribution is -2.20. The van der Waals surface area contributed by atoms with Crippen molar-refractivity contribution >= 4 is 0 Å². The second kappa shape index (κ2) is 13.0. The highest BCUT2D eigenvalue weighted by Gasteiger charge is 2.33. The van der Waals surface area contributed by atoms with Crippen molar-refractivity contribution in [3.8, 4) is 0 Å². The Kier molecular flexibility index (Phi) is 9.76. The zero-order valence-electron chi connectivity index (χ0n) is 22.1. The first-order chi connectivity index (χ1) is 17.5. The third kappa shape index (κ3) is 7.28. The van der Waals surface area contributed by atoms with E-state index in [1.54, 1.807) is 12.1 Å². The van der Waals surface area contributed by atoms with E-state index in [-0.39, 0.29) is 12.2 Å². The van der Waals surface area contributed by atoms with E-state index in [0.717, 1.165) is 36.7 Å². The zero-order chi connectivity index (χ0) is 25.4. The highest BCUT2D eigenvalue weighted by molar-refractivity contribution is 5.28. The molecule has 2 aliphatic rings. The lowest BCUT2D eigenvalue weighted by Gasteiger charge is -2.29. The van der Waals surface area contributed by atoms with Crippen LogP contribution >= 0.6 is 0 Å². The minimum atomic E-state index is -3.27. The molecule has 2 fully saturated rings. The van der Waals surface area contributed by atoms with Gasteiger partial charge in [-0.25, -0.2) is 0 Å². The number of halogens is 2. The van der Waals surface area contributed by atoms with Crippen LogP contribution in [0, 0.1) is 11.8 Å². The van der Waals surface area contributed by atoms with Crippen molar-refractivity contribution < 1.29 is 13.5 Å². The molecule has 2 aliphatic carbocycles. The molecule has 0 bridgehead atoms. The molecular weight excluding hydrogens is 450 g/mol. The molecule has 196 valence electrons. The number of rotatable bonds is 11. The quantitative estimate of drug-likeness (QED) is 0.282. The fraction of sp³-hybridized carbons (Fsp3) is 0.576. The summed E-state index contributed by atoms with van der Waals surface area (Å²) in [4.78, 5) is 0. The maximum absolute atomic E-state index is 14.7. The largest absolute Gasteiger partial charge is 0.383 e. The molecule has 36 heavy (non-hydrogen) atoms. The molecule has 2 aromatic carbocycles. The Morgan fingerprint density at radius 1 is 0.806 bits per heavy atom. The fourth-order valence-electron chi connectivity index (χ4n) is 6.33. The molecule has 0 spiro atoms. The first-order valence-electron chi connectivity index (χ1n) is 14.3. The number of allylic oxidation sites excluding steroid dienone is 1. The Morgan fingerprint density at radius 2 is 1.33 bits per heavy atom. The van der Waals surface area contributed by atoms with Gasteiger partial charge in [-0.3, -0.25) is 0 Å². The topological polar surface area (TPSA) is 9.23 Å². The SMILES string of the molecule is C=CCCC1CCC(c2ccc(C(F)(F)OCCc3ccc(C4CCC(CC)CC4)cc3)cc2)CC1.